The highest BCUT2D eigenvalue weighted by molar-refractivity contribution is 6.19. The number of hydrogen-bond acceptors (Lipinski definition) is 1. The molecule has 0 bridgehead atoms. The molecule has 0 aromatic heterocycles. The quantitative estimate of drug-likeness (QED) is 0.448. The molecule has 1 nitrogen and oxygen atoms in total. The van der Waals surface area contributed by atoms with Gasteiger partial charge in [-0.15, -0.1) is 11.6 Å². The maximum atomic E-state index is 11.6. The lowest BCUT2D eigenvalue weighted by molar-refractivity contribution is -0.121. The molecule has 0 radical (unpaired) electrons. The van der Waals surface area contributed by atoms with E-state index in [0.717, 1.165) is 24.8 Å². The van der Waals surface area contributed by atoms with Gasteiger partial charge in [0.05, 0.1) is 0 Å². The van der Waals surface area contributed by atoms with E-state index in [-0.39, 0.29) is 5.41 Å². The molecule has 0 aromatic rings. The Morgan fingerprint density at radius 1 is 1.33 bits per heavy atom. The van der Waals surface area contributed by atoms with Crippen LogP contribution in [0.4, 0.5) is 0 Å². The summed E-state index contributed by atoms with van der Waals surface area (Å²) in [4.78, 5) is 11.6. The Labute approximate surface area is 98.9 Å². The van der Waals surface area contributed by atoms with E-state index in [9.17, 15) is 4.79 Å². The minimum absolute atomic E-state index is 0.0107. The highest BCUT2D eigenvalue weighted by atomic mass is 35.5. The molecule has 0 aliphatic carbocycles. The van der Waals surface area contributed by atoms with Gasteiger partial charge in [-0.1, -0.05) is 39.3 Å². The summed E-state index contributed by atoms with van der Waals surface area (Å²) < 4.78 is 0. The van der Waals surface area contributed by atoms with Crippen molar-refractivity contribution >= 4 is 17.4 Å². The highest BCUT2D eigenvalue weighted by Crippen LogP contribution is 2.29. The summed E-state index contributed by atoms with van der Waals surface area (Å²) in [5, 5.41) is 0. The van der Waals surface area contributed by atoms with E-state index in [1.165, 1.54) is 0 Å². The van der Waals surface area contributed by atoms with Gasteiger partial charge in [-0.25, -0.2) is 0 Å². The fourth-order valence-corrected chi connectivity index (χ4v) is 1.88. The molecule has 0 saturated carbocycles. The van der Waals surface area contributed by atoms with Crippen LogP contribution in [0, 0.1) is 5.41 Å². The number of carbonyl (C=O) groups is 1. The molecular formula is C13H23ClO. The van der Waals surface area contributed by atoms with E-state index in [4.69, 9.17) is 11.6 Å². The number of unbranched alkanes of at least 4 members (excludes halogenated alkanes) is 1. The third kappa shape index (κ3) is 7.61. The van der Waals surface area contributed by atoms with Crippen molar-refractivity contribution in [1.29, 1.82) is 0 Å². The van der Waals surface area contributed by atoms with E-state index in [1.54, 1.807) is 0 Å². The van der Waals surface area contributed by atoms with Gasteiger partial charge >= 0.3 is 0 Å². The van der Waals surface area contributed by atoms with Crippen molar-refractivity contribution in [1.82, 2.24) is 0 Å². The molecule has 0 saturated heterocycles. The van der Waals surface area contributed by atoms with Crippen LogP contribution in [-0.2, 0) is 4.79 Å². The smallest absolute Gasteiger partial charge is 0.133 e. The molecule has 0 atom stereocenters. The van der Waals surface area contributed by atoms with E-state index in [0.29, 0.717) is 24.5 Å². The van der Waals surface area contributed by atoms with Gasteiger partial charge in [0, 0.05) is 18.7 Å². The summed E-state index contributed by atoms with van der Waals surface area (Å²) >= 11 is 5.69. The number of rotatable bonds is 8. The fraction of sp³-hybridized carbons (Fsp3) is 0.769. The van der Waals surface area contributed by atoms with Crippen LogP contribution in [0.5, 0.6) is 0 Å². The first-order valence-corrected chi connectivity index (χ1v) is 6.19. The van der Waals surface area contributed by atoms with Crippen molar-refractivity contribution in [2.45, 2.75) is 52.9 Å². The van der Waals surface area contributed by atoms with Crippen LogP contribution in [-0.4, -0.2) is 11.7 Å². The summed E-state index contributed by atoms with van der Waals surface area (Å²) in [5.41, 5.74) is 1.03. The number of ketones is 1. The Kier molecular flexibility index (Phi) is 6.91. The van der Waals surface area contributed by atoms with Crippen molar-refractivity contribution < 1.29 is 4.79 Å². The lowest BCUT2D eigenvalue weighted by atomic mass is 9.81. The molecule has 15 heavy (non-hydrogen) atoms. The minimum atomic E-state index is 0.0107. The summed E-state index contributed by atoms with van der Waals surface area (Å²) in [5.74, 6) is 0.858. The SMILES string of the molecule is C=C(CCl)CC(C)(C)CC(=O)CCCC. The Hall–Kier alpha value is -0.300. The van der Waals surface area contributed by atoms with Crippen LogP contribution >= 0.6 is 11.6 Å². The molecule has 2 heteroatoms. The van der Waals surface area contributed by atoms with Crippen LogP contribution in [0.1, 0.15) is 52.9 Å². The minimum Gasteiger partial charge on any atom is -0.300 e. The fourth-order valence-electron chi connectivity index (χ4n) is 1.78. The van der Waals surface area contributed by atoms with Gasteiger partial charge in [0.25, 0.3) is 0 Å². The van der Waals surface area contributed by atoms with Gasteiger partial charge in [0.15, 0.2) is 0 Å². The van der Waals surface area contributed by atoms with Crippen LogP contribution in [0.15, 0.2) is 12.2 Å². The summed E-state index contributed by atoms with van der Waals surface area (Å²) in [6, 6.07) is 0. The number of alkyl halides is 1. The molecule has 0 amide bonds. The number of allylic oxidation sites excluding steroid dienone is 1. The zero-order valence-electron chi connectivity index (χ0n) is 10.2. The van der Waals surface area contributed by atoms with Gasteiger partial charge < -0.3 is 0 Å². The first-order chi connectivity index (χ1) is 6.91. The largest absolute Gasteiger partial charge is 0.300 e. The second kappa shape index (κ2) is 7.05. The summed E-state index contributed by atoms with van der Waals surface area (Å²) in [6.45, 7) is 10.2. The van der Waals surface area contributed by atoms with Crippen molar-refractivity contribution in [2.24, 2.45) is 5.41 Å². The van der Waals surface area contributed by atoms with E-state index in [2.05, 4.69) is 27.4 Å². The van der Waals surface area contributed by atoms with Crippen molar-refractivity contribution in [3.63, 3.8) is 0 Å². The molecule has 0 spiro atoms. The predicted molar refractivity (Wildman–Crippen MR) is 67.4 cm³/mol. The second-order valence-electron chi connectivity index (χ2n) is 5.04. The van der Waals surface area contributed by atoms with Crippen molar-refractivity contribution in [3.05, 3.63) is 12.2 Å². The summed E-state index contributed by atoms with van der Waals surface area (Å²) in [6.07, 6.45) is 4.29. The van der Waals surface area contributed by atoms with Crippen molar-refractivity contribution in [2.75, 3.05) is 5.88 Å². The average molecular weight is 231 g/mol. The average Bonchev–Trinajstić information content (AvgIpc) is 2.12. The Bertz CT molecular complexity index is 219. The maximum absolute atomic E-state index is 11.6. The topological polar surface area (TPSA) is 17.1 Å². The normalized spacial score (nSPS) is 11.5. The molecule has 0 aliphatic rings. The number of hydrogen-bond donors (Lipinski definition) is 0. The second-order valence-corrected chi connectivity index (χ2v) is 5.31. The zero-order chi connectivity index (χ0) is 11.9. The zero-order valence-corrected chi connectivity index (χ0v) is 11.0. The van der Waals surface area contributed by atoms with Crippen LogP contribution in [0.3, 0.4) is 0 Å². The summed E-state index contributed by atoms with van der Waals surface area (Å²) in [7, 11) is 0. The van der Waals surface area contributed by atoms with Gasteiger partial charge in [-0.05, 0) is 18.3 Å². The van der Waals surface area contributed by atoms with Gasteiger partial charge in [0.1, 0.15) is 5.78 Å². The maximum Gasteiger partial charge on any atom is 0.133 e. The van der Waals surface area contributed by atoms with E-state index < -0.39 is 0 Å². The van der Waals surface area contributed by atoms with Crippen LogP contribution in [0.25, 0.3) is 0 Å². The van der Waals surface area contributed by atoms with E-state index in [1.807, 2.05) is 0 Å². The number of carbonyl (C=O) groups excluding carboxylic acids is 1. The first-order valence-electron chi connectivity index (χ1n) is 5.65. The van der Waals surface area contributed by atoms with Crippen LogP contribution < -0.4 is 0 Å². The molecule has 0 unspecified atom stereocenters. The van der Waals surface area contributed by atoms with E-state index >= 15 is 0 Å². The lowest BCUT2D eigenvalue weighted by Crippen LogP contribution is -2.18. The Morgan fingerprint density at radius 3 is 2.40 bits per heavy atom. The molecule has 88 valence electrons. The third-order valence-electron chi connectivity index (χ3n) is 2.40. The highest BCUT2D eigenvalue weighted by Gasteiger charge is 2.22. The molecule has 0 aliphatic heterocycles. The Balaban J connectivity index is 4.01. The number of Topliss-reactive ketones (excluding diaryl/α,β-unsaturated/α-hetero) is 1. The lowest BCUT2D eigenvalue weighted by Gasteiger charge is -2.24. The first kappa shape index (κ1) is 14.7. The molecule has 0 N–H and O–H groups in total. The monoisotopic (exact) mass is 230 g/mol. The molecule has 0 heterocycles. The molecule has 0 fully saturated rings. The predicted octanol–water partition coefficient (Wildman–Crippen LogP) is 4.35. The third-order valence-corrected chi connectivity index (χ3v) is 2.78. The standard InChI is InChI=1S/C13H23ClO/c1-5-6-7-12(15)9-13(3,4)8-11(2)10-14/h2,5-10H2,1,3-4H3. The van der Waals surface area contributed by atoms with Gasteiger partial charge in [-0.3, -0.25) is 4.79 Å². The molecular weight excluding hydrogens is 208 g/mol. The molecule has 0 aromatic carbocycles. The Morgan fingerprint density at radius 2 is 1.93 bits per heavy atom. The van der Waals surface area contributed by atoms with Gasteiger partial charge in [0.2, 0.25) is 0 Å². The van der Waals surface area contributed by atoms with Crippen LogP contribution in [0.2, 0.25) is 0 Å². The molecule has 0 rings (SSSR count). The van der Waals surface area contributed by atoms with Crippen molar-refractivity contribution in [3.8, 4) is 0 Å². The number of halogens is 1. The van der Waals surface area contributed by atoms with Gasteiger partial charge in [-0.2, -0.15) is 0 Å².